The molecule has 0 radical (unpaired) electrons. The molecule has 2 aromatic carbocycles. The highest BCUT2D eigenvalue weighted by Gasteiger charge is 2.06. The summed E-state index contributed by atoms with van der Waals surface area (Å²) < 4.78 is 6.15. The van der Waals surface area contributed by atoms with Crippen molar-refractivity contribution in [2.75, 3.05) is 6.61 Å². The van der Waals surface area contributed by atoms with E-state index in [1.807, 2.05) is 36.4 Å². The molecule has 7 heteroatoms. The van der Waals surface area contributed by atoms with E-state index in [4.69, 9.17) is 16.3 Å². The van der Waals surface area contributed by atoms with E-state index in [1.165, 1.54) is 6.21 Å². The first-order valence-electron chi connectivity index (χ1n) is 7.07. The normalized spacial score (nSPS) is 10.8. The zero-order valence-electron chi connectivity index (χ0n) is 13.1. The molecule has 0 saturated heterocycles. The third-order valence-electron chi connectivity index (χ3n) is 3.15. The molecule has 126 valence electrons. The number of nitrogens with one attached hydrogen (secondary N) is 1. The number of hydrogen-bond donors (Lipinski definition) is 2. The van der Waals surface area contributed by atoms with Crippen LogP contribution in [0.4, 0.5) is 0 Å². The molecule has 2 aromatic rings. The second kappa shape index (κ2) is 8.34. The van der Waals surface area contributed by atoms with E-state index >= 15 is 0 Å². The Hall–Kier alpha value is -1.80. The number of ether oxygens (including phenoxy) is 1. The van der Waals surface area contributed by atoms with E-state index in [0.717, 1.165) is 16.7 Å². The maximum absolute atomic E-state index is 11.7. The summed E-state index contributed by atoms with van der Waals surface area (Å²) in [5.74, 6) is 0.422. The van der Waals surface area contributed by atoms with Gasteiger partial charge >= 0.3 is 0 Å². The summed E-state index contributed by atoms with van der Waals surface area (Å²) >= 11 is 8.10. The van der Waals surface area contributed by atoms with Gasteiger partial charge in [0.15, 0.2) is 6.61 Å². The number of nitrogens with zero attached hydrogens (tertiary/aromatic N) is 1. The first-order chi connectivity index (χ1) is 11.4. The van der Waals surface area contributed by atoms with Gasteiger partial charge in [0.2, 0.25) is 0 Å². The van der Waals surface area contributed by atoms with Crippen molar-refractivity contribution >= 4 is 46.3 Å². The fraction of sp³-hybridized carbons (Fsp3) is 0.176. The lowest BCUT2D eigenvalue weighted by atomic mass is 10.1. The molecule has 0 aliphatic carbocycles. The van der Waals surface area contributed by atoms with Gasteiger partial charge in [0.25, 0.3) is 5.91 Å². The molecule has 0 heterocycles. The number of amides is 1. The molecular weight excluding hydrogens is 443 g/mol. The molecule has 0 aromatic heterocycles. The largest absolute Gasteiger partial charge is 0.507 e. The van der Waals surface area contributed by atoms with E-state index in [2.05, 4.69) is 10.5 Å². The van der Waals surface area contributed by atoms with Gasteiger partial charge < -0.3 is 9.84 Å². The summed E-state index contributed by atoms with van der Waals surface area (Å²) in [6, 6.07) is 8.58. The molecule has 0 spiro atoms. The molecule has 0 atom stereocenters. The van der Waals surface area contributed by atoms with Crippen molar-refractivity contribution in [1.29, 1.82) is 0 Å². The number of rotatable bonds is 5. The molecule has 2 N–H and O–H groups in total. The standard InChI is InChI=1S/C17H16ClIN2O3/c1-10-5-13(6-11(2)17(10)18)24-9-16(23)21-20-8-12-3-4-15(22)14(19)7-12/h3-8,22H,9H2,1-2H3,(H,21,23)/b20-8-. The third-order valence-corrected chi connectivity index (χ3v) is 4.61. The average Bonchev–Trinajstić information content (AvgIpc) is 2.54. The first kappa shape index (κ1) is 18.5. The number of carbonyl (C=O) groups is 1. The van der Waals surface area contributed by atoms with Crippen LogP contribution in [0.25, 0.3) is 0 Å². The molecule has 0 aliphatic rings. The maximum Gasteiger partial charge on any atom is 0.277 e. The summed E-state index contributed by atoms with van der Waals surface area (Å²) in [4.78, 5) is 11.7. The van der Waals surface area contributed by atoms with Crippen molar-refractivity contribution in [3.8, 4) is 11.5 Å². The van der Waals surface area contributed by atoms with Crippen LogP contribution in [0.1, 0.15) is 16.7 Å². The van der Waals surface area contributed by atoms with Gasteiger partial charge in [0, 0.05) is 5.02 Å². The van der Waals surface area contributed by atoms with E-state index in [0.29, 0.717) is 14.3 Å². The number of hydrazone groups is 1. The Balaban J connectivity index is 1.87. The van der Waals surface area contributed by atoms with E-state index < -0.39 is 0 Å². The van der Waals surface area contributed by atoms with Crippen LogP contribution < -0.4 is 10.2 Å². The predicted octanol–water partition coefficient (Wildman–Crippen LogP) is 3.80. The second-order valence-electron chi connectivity index (χ2n) is 5.16. The molecule has 0 saturated carbocycles. The smallest absolute Gasteiger partial charge is 0.277 e. The fourth-order valence-corrected chi connectivity index (χ4v) is 2.60. The Kier molecular flexibility index (Phi) is 6.44. The number of benzene rings is 2. The number of halogens is 2. The summed E-state index contributed by atoms with van der Waals surface area (Å²) in [6.07, 6.45) is 1.50. The molecule has 0 unspecified atom stereocenters. The van der Waals surface area contributed by atoms with Crippen LogP contribution in [0.15, 0.2) is 35.4 Å². The number of phenols is 1. The minimum absolute atomic E-state index is 0.148. The van der Waals surface area contributed by atoms with Crippen molar-refractivity contribution < 1.29 is 14.6 Å². The SMILES string of the molecule is Cc1cc(OCC(=O)N/N=C\c2ccc(O)c(I)c2)cc(C)c1Cl. The van der Waals surface area contributed by atoms with Crippen molar-refractivity contribution in [1.82, 2.24) is 5.43 Å². The summed E-state index contributed by atoms with van der Waals surface area (Å²) in [6.45, 7) is 3.61. The van der Waals surface area contributed by atoms with Gasteiger partial charge in [-0.15, -0.1) is 0 Å². The topological polar surface area (TPSA) is 70.9 Å². The fourth-order valence-electron chi connectivity index (χ4n) is 1.95. The van der Waals surface area contributed by atoms with Crippen LogP contribution in [0.2, 0.25) is 5.02 Å². The van der Waals surface area contributed by atoms with E-state index in [-0.39, 0.29) is 18.3 Å². The summed E-state index contributed by atoms with van der Waals surface area (Å²) in [5, 5.41) is 14.0. The van der Waals surface area contributed by atoms with Crippen LogP contribution >= 0.6 is 34.2 Å². The van der Waals surface area contributed by atoms with Crippen LogP contribution in [0, 0.1) is 17.4 Å². The van der Waals surface area contributed by atoms with Crippen molar-refractivity contribution in [2.45, 2.75) is 13.8 Å². The quantitative estimate of drug-likeness (QED) is 0.407. The van der Waals surface area contributed by atoms with Crippen molar-refractivity contribution in [3.05, 3.63) is 55.6 Å². The highest BCUT2D eigenvalue weighted by Crippen LogP contribution is 2.25. The van der Waals surface area contributed by atoms with Gasteiger partial charge in [-0.3, -0.25) is 4.79 Å². The molecule has 24 heavy (non-hydrogen) atoms. The third kappa shape index (κ3) is 5.10. The van der Waals surface area contributed by atoms with E-state index in [9.17, 15) is 9.90 Å². The highest BCUT2D eigenvalue weighted by molar-refractivity contribution is 14.1. The molecule has 0 aliphatic heterocycles. The zero-order chi connectivity index (χ0) is 17.7. The Morgan fingerprint density at radius 2 is 2.00 bits per heavy atom. The lowest BCUT2D eigenvalue weighted by Gasteiger charge is -2.09. The number of aromatic hydroxyl groups is 1. The molecule has 2 rings (SSSR count). The molecule has 0 fully saturated rings. The average molecular weight is 459 g/mol. The molecule has 0 bridgehead atoms. The summed E-state index contributed by atoms with van der Waals surface area (Å²) in [7, 11) is 0. The number of aryl methyl sites for hydroxylation is 2. The number of hydrogen-bond acceptors (Lipinski definition) is 4. The second-order valence-corrected chi connectivity index (χ2v) is 6.70. The predicted molar refractivity (Wildman–Crippen MR) is 103 cm³/mol. The molecule has 1 amide bonds. The van der Waals surface area contributed by atoms with Crippen LogP contribution in [-0.4, -0.2) is 23.8 Å². The van der Waals surface area contributed by atoms with Crippen molar-refractivity contribution in [3.63, 3.8) is 0 Å². The van der Waals surface area contributed by atoms with Gasteiger partial charge in [-0.05, 0) is 83.5 Å². The van der Waals surface area contributed by atoms with Gasteiger partial charge in [0.05, 0.1) is 9.78 Å². The van der Waals surface area contributed by atoms with Crippen molar-refractivity contribution in [2.24, 2.45) is 5.10 Å². The summed E-state index contributed by atoms with van der Waals surface area (Å²) in [5.41, 5.74) is 4.95. The van der Waals surface area contributed by atoms with E-state index in [1.54, 1.807) is 30.3 Å². The Morgan fingerprint density at radius 3 is 2.62 bits per heavy atom. The number of phenolic OH excluding ortho intramolecular Hbond substituents is 1. The molecular formula is C17H16ClIN2O3. The van der Waals surface area contributed by atoms with Crippen LogP contribution in [0.5, 0.6) is 11.5 Å². The highest BCUT2D eigenvalue weighted by atomic mass is 127. The monoisotopic (exact) mass is 458 g/mol. The lowest BCUT2D eigenvalue weighted by Crippen LogP contribution is -2.24. The van der Waals surface area contributed by atoms with Gasteiger partial charge in [0.1, 0.15) is 11.5 Å². The minimum atomic E-state index is -0.370. The zero-order valence-corrected chi connectivity index (χ0v) is 16.1. The van der Waals surface area contributed by atoms with Crippen LogP contribution in [0.3, 0.4) is 0 Å². The van der Waals surface area contributed by atoms with Gasteiger partial charge in [-0.1, -0.05) is 11.6 Å². The van der Waals surface area contributed by atoms with Gasteiger partial charge in [-0.2, -0.15) is 5.10 Å². The maximum atomic E-state index is 11.7. The Morgan fingerprint density at radius 1 is 1.33 bits per heavy atom. The minimum Gasteiger partial charge on any atom is -0.507 e. The lowest BCUT2D eigenvalue weighted by molar-refractivity contribution is -0.123. The Bertz CT molecular complexity index is 770. The van der Waals surface area contributed by atoms with Gasteiger partial charge in [-0.25, -0.2) is 5.43 Å². The number of carbonyl (C=O) groups excluding carboxylic acids is 1. The first-order valence-corrected chi connectivity index (χ1v) is 8.52. The Labute approximate surface area is 158 Å². The molecule has 5 nitrogen and oxygen atoms in total. The van der Waals surface area contributed by atoms with Crippen LogP contribution in [-0.2, 0) is 4.79 Å².